The predicted octanol–water partition coefficient (Wildman–Crippen LogP) is 1.01. The number of H-pyrrole nitrogens is 1. The Morgan fingerprint density at radius 3 is 2.74 bits per heavy atom. The van der Waals surface area contributed by atoms with Crippen LogP contribution in [0.15, 0.2) is 10.9 Å². The van der Waals surface area contributed by atoms with E-state index >= 15 is 0 Å². The van der Waals surface area contributed by atoms with Crippen LogP contribution in [0.25, 0.3) is 5.78 Å². The molecule has 0 aliphatic carbocycles. The van der Waals surface area contributed by atoms with Gasteiger partial charge in [0.25, 0.3) is 11.3 Å². The number of fused-ring (bicyclic) bond motifs is 1. The van der Waals surface area contributed by atoms with Crippen LogP contribution in [0.3, 0.4) is 0 Å². The van der Waals surface area contributed by atoms with Crippen LogP contribution in [0.5, 0.6) is 0 Å². The Balaban J connectivity index is 2.05. The number of hydrogen-bond acceptors (Lipinski definition) is 4. The van der Waals surface area contributed by atoms with E-state index in [1.54, 1.807) is 6.07 Å². The van der Waals surface area contributed by atoms with Gasteiger partial charge in [0.15, 0.2) is 0 Å². The van der Waals surface area contributed by atoms with Crippen LogP contribution in [0.4, 0.5) is 0 Å². The van der Waals surface area contributed by atoms with Crippen LogP contribution in [0.1, 0.15) is 50.0 Å². The third kappa shape index (κ3) is 2.28. The van der Waals surface area contributed by atoms with Crippen molar-refractivity contribution in [1.82, 2.24) is 24.9 Å². The summed E-state index contributed by atoms with van der Waals surface area (Å²) in [5, 5.41) is 6.33. The molecule has 0 amide bonds. The summed E-state index contributed by atoms with van der Waals surface area (Å²) in [6.07, 6.45) is 2.06. The van der Waals surface area contributed by atoms with E-state index in [0.29, 0.717) is 11.7 Å². The number of aromatic nitrogens is 4. The Bertz CT molecular complexity index is 636. The van der Waals surface area contributed by atoms with E-state index in [2.05, 4.69) is 20.4 Å². The molecular formula is C13H19N5O. The zero-order chi connectivity index (χ0) is 13.4. The molecule has 1 aliphatic heterocycles. The molecule has 0 aromatic carbocycles. The summed E-state index contributed by atoms with van der Waals surface area (Å²) in [5.74, 6) is 1.92. The van der Waals surface area contributed by atoms with Gasteiger partial charge in [0.05, 0.1) is 5.69 Å². The van der Waals surface area contributed by atoms with Crippen LogP contribution < -0.4 is 10.9 Å². The van der Waals surface area contributed by atoms with Crippen LogP contribution in [-0.2, 0) is 0 Å². The quantitative estimate of drug-likeness (QED) is 0.846. The van der Waals surface area contributed by atoms with Crippen LogP contribution in [-0.4, -0.2) is 32.7 Å². The Morgan fingerprint density at radius 2 is 2.05 bits per heavy atom. The standard InChI is InChI=1S/C13H19N5O/c1-8(2)12-16-13-15-10(7-11(19)18(13)17-12)9-3-5-14-6-4-9/h7-9,14H,3-6H2,1-2H3,(H,15,16,17). The number of rotatable bonds is 2. The molecule has 1 fully saturated rings. The van der Waals surface area contributed by atoms with E-state index in [-0.39, 0.29) is 11.5 Å². The molecule has 0 spiro atoms. The molecule has 2 N–H and O–H groups in total. The second-order valence-corrected chi connectivity index (χ2v) is 5.44. The number of nitrogens with one attached hydrogen (secondary N) is 2. The summed E-state index contributed by atoms with van der Waals surface area (Å²) >= 11 is 0. The predicted molar refractivity (Wildman–Crippen MR) is 72.5 cm³/mol. The minimum absolute atomic E-state index is 0.0714. The van der Waals surface area contributed by atoms with E-state index in [0.717, 1.165) is 37.4 Å². The van der Waals surface area contributed by atoms with Crippen LogP contribution in [0, 0.1) is 0 Å². The summed E-state index contributed by atoms with van der Waals surface area (Å²) < 4.78 is 1.43. The fraction of sp³-hybridized carbons (Fsp3) is 0.615. The van der Waals surface area contributed by atoms with Crippen molar-refractivity contribution in [3.8, 4) is 0 Å². The highest BCUT2D eigenvalue weighted by atomic mass is 16.1. The first-order chi connectivity index (χ1) is 9.15. The van der Waals surface area contributed by atoms with E-state index in [4.69, 9.17) is 0 Å². The van der Waals surface area contributed by atoms with Gasteiger partial charge in [-0.15, -0.1) is 0 Å². The molecule has 0 bridgehead atoms. The monoisotopic (exact) mass is 261 g/mol. The highest BCUT2D eigenvalue weighted by Crippen LogP contribution is 2.22. The molecule has 1 aliphatic rings. The molecule has 0 unspecified atom stereocenters. The zero-order valence-electron chi connectivity index (χ0n) is 11.3. The number of aromatic amines is 1. The summed E-state index contributed by atoms with van der Waals surface area (Å²) in [5.41, 5.74) is 0.811. The van der Waals surface area contributed by atoms with Gasteiger partial charge in [-0.25, -0.2) is 4.98 Å². The lowest BCUT2D eigenvalue weighted by atomic mass is 9.94. The van der Waals surface area contributed by atoms with Gasteiger partial charge in [-0.1, -0.05) is 13.8 Å². The normalized spacial score (nSPS) is 17.4. The number of nitrogens with zero attached hydrogens (tertiary/aromatic N) is 3. The number of hydrogen-bond donors (Lipinski definition) is 2. The molecular weight excluding hydrogens is 242 g/mol. The molecule has 3 rings (SSSR count). The van der Waals surface area contributed by atoms with E-state index in [1.807, 2.05) is 13.8 Å². The van der Waals surface area contributed by atoms with Crippen molar-refractivity contribution in [3.63, 3.8) is 0 Å². The zero-order valence-corrected chi connectivity index (χ0v) is 11.3. The van der Waals surface area contributed by atoms with Gasteiger partial charge in [0.2, 0.25) is 0 Å². The first-order valence-corrected chi connectivity index (χ1v) is 6.85. The SMILES string of the molecule is CC(C)c1nc2nc(C3CCNCC3)cc(=O)n2[nH]1. The third-order valence-electron chi connectivity index (χ3n) is 3.67. The van der Waals surface area contributed by atoms with E-state index < -0.39 is 0 Å². The van der Waals surface area contributed by atoms with Gasteiger partial charge < -0.3 is 5.32 Å². The first-order valence-electron chi connectivity index (χ1n) is 6.85. The summed E-state index contributed by atoms with van der Waals surface area (Å²) in [6, 6.07) is 1.64. The summed E-state index contributed by atoms with van der Waals surface area (Å²) in [4.78, 5) is 21.1. The van der Waals surface area contributed by atoms with Crippen molar-refractivity contribution in [2.45, 2.75) is 38.5 Å². The molecule has 2 aromatic heterocycles. The van der Waals surface area contributed by atoms with E-state index in [1.165, 1.54) is 4.52 Å². The first kappa shape index (κ1) is 12.3. The molecule has 3 heterocycles. The lowest BCUT2D eigenvalue weighted by Crippen LogP contribution is -2.28. The third-order valence-corrected chi connectivity index (χ3v) is 3.67. The Morgan fingerprint density at radius 1 is 1.32 bits per heavy atom. The Labute approximate surface area is 111 Å². The minimum atomic E-state index is -0.0714. The maximum absolute atomic E-state index is 12.1. The number of piperidine rings is 1. The fourth-order valence-electron chi connectivity index (χ4n) is 2.50. The molecule has 6 heteroatoms. The molecule has 19 heavy (non-hydrogen) atoms. The van der Waals surface area contributed by atoms with Crippen LogP contribution in [0.2, 0.25) is 0 Å². The highest BCUT2D eigenvalue weighted by molar-refractivity contribution is 5.30. The van der Waals surface area contributed by atoms with Gasteiger partial charge >= 0.3 is 0 Å². The maximum atomic E-state index is 12.1. The van der Waals surface area contributed by atoms with Crippen LogP contribution >= 0.6 is 0 Å². The molecule has 1 saturated heterocycles. The molecule has 0 radical (unpaired) electrons. The van der Waals surface area contributed by atoms with Gasteiger partial charge in [0, 0.05) is 17.9 Å². The topological polar surface area (TPSA) is 75.1 Å². The van der Waals surface area contributed by atoms with E-state index in [9.17, 15) is 4.79 Å². The minimum Gasteiger partial charge on any atom is -0.317 e. The van der Waals surface area contributed by atoms with Crippen molar-refractivity contribution < 1.29 is 0 Å². The fourth-order valence-corrected chi connectivity index (χ4v) is 2.50. The van der Waals surface area contributed by atoms with Gasteiger partial charge in [-0.05, 0) is 25.9 Å². The maximum Gasteiger partial charge on any atom is 0.274 e. The summed E-state index contributed by atoms with van der Waals surface area (Å²) in [7, 11) is 0. The van der Waals surface area contributed by atoms with Gasteiger partial charge in [-0.2, -0.15) is 9.50 Å². The Hall–Kier alpha value is -1.69. The second-order valence-electron chi connectivity index (χ2n) is 5.44. The molecule has 0 atom stereocenters. The van der Waals surface area contributed by atoms with Gasteiger partial charge in [-0.3, -0.25) is 9.89 Å². The molecule has 0 saturated carbocycles. The lowest BCUT2D eigenvalue weighted by Gasteiger charge is -2.21. The highest BCUT2D eigenvalue weighted by Gasteiger charge is 2.19. The Kier molecular flexibility index (Phi) is 3.10. The lowest BCUT2D eigenvalue weighted by molar-refractivity contribution is 0.453. The van der Waals surface area contributed by atoms with Gasteiger partial charge in [0.1, 0.15) is 5.82 Å². The molecule has 102 valence electrons. The average Bonchev–Trinajstić information content (AvgIpc) is 2.84. The largest absolute Gasteiger partial charge is 0.317 e. The van der Waals surface area contributed by atoms with Crippen molar-refractivity contribution in [1.29, 1.82) is 0 Å². The van der Waals surface area contributed by atoms with Crippen molar-refractivity contribution >= 4 is 5.78 Å². The van der Waals surface area contributed by atoms with Crippen molar-refractivity contribution in [2.75, 3.05) is 13.1 Å². The average molecular weight is 261 g/mol. The van der Waals surface area contributed by atoms with Crippen molar-refractivity contribution in [3.05, 3.63) is 27.9 Å². The second kappa shape index (κ2) is 4.77. The molecule has 2 aromatic rings. The summed E-state index contributed by atoms with van der Waals surface area (Å²) in [6.45, 7) is 6.06. The smallest absolute Gasteiger partial charge is 0.274 e. The molecule has 6 nitrogen and oxygen atoms in total. The van der Waals surface area contributed by atoms with Crippen molar-refractivity contribution in [2.24, 2.45) is 0 Å².